The van der Waals surface area contributed by atoms with Gasteiger partial charge >= 0.3 is 6.09 Å². The van der Waals surface area contributed by atoms with Crippen molar-refractivity contribution in [3.63, 3.8) is 0 Å². The summed E-state index contributed by atoms with van der Waals surface area (Å²) in [5.41, 5.74) is 5.34. The average Bonchev–Trinajstić information content (AvgIpc) is 2.77. The van der Waals surface area contributed by atoms with E-state index >= 15 is 0 Å². The van der Waals surface area contributed by atoms with E-state index in [1.54, 1.807) is 33.8 Å². The highest BCUT2D eigenvalue weighted by atomic mass is 16.6. The summed E-state index contributed by atoms with van der Waals surface area (Å²) >= 11 is 0. The summed E-state index contributed by atoms with van der Waals surface area (Å²) in [5.74, 6) is -1.83. The third kappa shape index (κ3) is 10.1. The van der Waals surface area contributed by atoms with Crippen LogP contribution in [0.1, 0.15) is 70.5 Å². The topological polar surface area (TPSA) is 171 Å². The molecule has 1 aromatic carbocycles. The highest BCUT2D eigenvalue weighted by Gasteiger charge is 2.36. The second kappa shape index (κ2) is 14.3. The van der Waals surface area contributed by atoms with E-state index in [9.17, 15) is 29.4 Å². The number of aliphatic hydroxyl groups excluding tert-OH is 1. The minimum absolute atomic E-state index is 0.0230. The Bertz CT molecular complexity index is 914. The molecule has 0 aromatic heterocycles. The Kier molecular flexibility index (Phi) is 12.2. The van der Waals surface area contributed by atoms with Crippen molar-refractivity contribution in [3.05, 3.63) is 29.3 Å². The van der Waals surface area contributed by atoms with Crippen LogP contribution in [0, 0.1) is 6.92 Å². The number of nitrogens with one attached hydrogen (secondary N) is 2. The number of hydrogen-bond acceptors (Lipinski definition) is 7. The van der Waals surface area contributed by atoms with Gasteiger partial charge in [-0.25, -0.2) is 4.79 Å². The smallest absolute Gasteiger partial charge is 0.408 e. The molecule has 36 heavy (non-hydrogen) atoms. The van der Waals surface area contributed by atoms with E-state index in [2.05, 4.69) is 10.6 Å². The summed E-state index contributed by atoms with van der Waals surface area (Å²) in [7, 11) is 0. The number of hydrogen-bond donors (Lipinski definition) is 5. The molecule has 202 valence electrons. The monoisotopic (exact) mass is 508 g/mol. The number of nitrogens with zero attached hydrogens (tertiary/aromatic N) is 1. The SMILES string of the molecule is CCCCNC(=O)C(c1ccc(O)c(C)c1)N(CCO)C(=O)C(CCC(N)=O)NC(=O)OC(C)(C)C. The predicted molar refractivity (Wildman–Crippen MR) is 134 cm³/mol. The van der Waals surface area contributed by atoms with Gasteiger partial charge in [0.2, 0.25) is 17.7 Å². The number of carbonyl (C=O) groups is 4. The number of aliphatic hydroxyl groups is 1. The Morgan fingerprint density at radius 2 is 1.86 bits per heavy atom. The zero-order valence-corrected chi connectivity index (χ0v) is 21.8. The molecule has 1 rings (SSSR count). The van der Waals surface area contributed by atoms with Crippen molar-refractivity contribution in [1.82, 2.24) is 15.5 Å². The lowest BCUT2D eigenvalue weighted by Gasteiger charge is -2.34. The molecule has 0 heterocycles. The molecule has 0 bridgehead atoms. The van der Waals surface area contributed by atoms with Gasteiger partial charge in [0.25, 0.3) is 0 Å². The number of ether oxygens (including phenoxy) is 1. The first-order valence-electron chi connectivity index (χ1n) is 12.1. The van der Waals surface area contributed by atoms with Crippen molar-refractivity contribution in [1.29, 1.82) is 0 Å². The maximum atomic E-state index is 13.7. The Morgan fingerprint density at radius 3 is 2.39 bits per heavy atom. The maximum Gasteiger partial charge on any atom is 0.408 e. The van der Waals surface area contributed by atoms with Crippen LogP contribution in [0.25, 0.3) is 0 Å². The molecule has 1 aromatic rings. The Morgan fingerprint density at radius 1 is 1.19 bits per heavy atom. The molecule has 0 aliphatic heterocycles. The predicted octanol–water partition coefficient (Wildman–Crippen LogP) is 1.64. The van der Waals surface area contributed by atoms with Crippen molar-refractivity contribution < 1.29 is 34.1 Å². The second-order valence-electron chi connectivity index (χ2n) is 9.55. The number of unbranched alkanes of at least 4 members (excludes halogenated alkanes) is 1. The average molecular weight is 509 g/mol. The number of benzene rings is 1. The van der Waals surface area contributed by atoms with Crippen LogP contribution in [0.3, 0.4) is 0 Å². The summed E-state index contributed by atoms with van der Waals surface area (Å²) in [6.07, 6.45) is 0.359. The van der Waals surface area contributed by atoms with E-state index in [4.69, 9.17) is 10.5 Å². The molecule has 2 unspecified atom stereocenters. The molecular weight excluding hydrogens is 468 g/mol. The van der Waals surface area contributed by atoms with Crippen LogP contribution >= 0.6 is 0 Å². The van der Waals surface area contributed by atoms with Crippen LogP contribution in [0.5, 0.6) is 5.75 Å². The van der Waals surface area contributed by atoms with Crippen LogP contribution in [0.15, 0.2) is 18.2 Å². The van der Waals surface area contributed by atoms with Gasteiger partial charge < -0.3 is 36.2 Å². The largest absolute Gasteiger partial charge is 0.508 e. The van der Waals surface area contributed by atoms with E-state index in [-0.39, 0.29) is 25.1 Å². The van der Waals surface area contributed by atoms with Gasteiger partial charge in [0, 0.05) is 19.5 Å². The summed E-state index contributed by atoms with van der Waals surface area (Å²) in [6.45, 7) is 8.30. The quantitative estimate of drug-likeness (QED) is 0.252. The summed E-state index contributed by atoms with van der Waals surface area (Å²) in [6, 6.07) is 2.10. The molecule has 0 saturated heterocycles. The molecule has 0 spiro atoms. The van der Waals surface area contributed by atoms with Crippen molar-refractivity contribution in [2.75, 3.05) is 19.7 Å². The third-order valence-electron chi connectivity index (χ3n) is 5.22. The lowest BCUT2D eigenvalue weighted by molar-refractivity contribution is -0.143. The van der Waals surface area contributed by atoms with Crippen LogP contribution in [-0.4, -0.2) is 70.3 Å². The fraction of sp³-hybridized carbons (Fsp3) is 0.600. The van der Waals surface area contributed by atoms with Crippen molar-refractivity contribution in [3.8, 4) is 5.75 Å². The summed E-state index contributed by atoms with van der Waals surface area (Å²) < 4.78 is 5.26. The first kappa shape index (κ1) is 30.7. The highest BCUT2D eigenvalue weighted by molar-refractivity contribution is 5.92. The summed E-state index contributed by atoms with van der Waals surface area (Å²) in [5, 5.41) is 25.0. The number of carbonyl (C=O) groups excluding carboxylic acids is 4. The van der Waals surface area contributed by atoms with Gasteiger partial charge in [-0.1, -0.05) is 19.4 Å². The standard InChI is InChI=1S/C25H40N4O7/c1-6-7-12-27-22(33)21(17-8-10-19(31)16(2)15-17)29(13-14-30)23(34)18(9-11-20(26)32)28-24(35)36-25(3,4)5/h8,10,15,18,21,30-31H,6-7,9,11-14H2,1-5H3,(H2,26,32)(H,27,33)(H,28,35). The second-order valence-corrected chi connectivity index (χ2v) is 9.55. The zero-order chi connectivity index (χ0) is 27.5. The summed E-state index contributed by atoms with van der Waals surface area (Å²) in [4.78, 5) is 52.1. The lowest BCUT2D eigenvalue weighted by atomic mass is 9.99. The van der Waals surface area contributed by atoms with Gasteiger partial charge in [0.05, 0.1) is 6.61 Å². The van der Waals surface area contributed by atoms with Gasteiger partial charge in [0.15, 0.2) is 0 Å². The molecule has 0 saturated carbocycles. The van der Waals surface area contributed by atoms with Gasteiger partial charge in [-0.15, -0.1) is 0 Å². The molecule has 11 heteroatoms. The van der Waals surface area contributed by atoms with Crippen molar-refractivity contribution >= 4 is 23.8 Å². The van der Waals surface area contributed by atoms with Gasteiger partial charge in [-0.2, -0.15) is 0 Å². The van der Waals surface area contributed by atoms with Gasteiger partial charge in [0.1, 0.15) is 23.4 Å². The molecule has 2 atom stereocenters. The maximum absolute atomic E-state index is 13.7. The number of amides is 4. The fourth-order valence-corrected chi connectivity index (χ4v) is 3.47. The zero-order valence-electron chi connectivity index (χ0n) is 21.8. The van der Waals surface area contributed by atoms with Crippen LogP contribution in [0.4, 0.5) is 4.79 Å². The van der Waals surface area contributed by atoms with Crippen LogP contribution in [0.2, 0.25) is 0 Å². The number of phenolic OH excluding ortho intramolecular Hbond substituents is 1. The van der Waals surface area contributed by atoms with E-state index in [0.29, 0.717) is 17.7 Å². The lowest BCUT2D eigenvalue weighted by Crippen LogP contribution is -2.54. The Labute approximate surface area is 212 Å². The first-order chi connectivity index (χ1) is 16.8. The van der Waals surface area contributed by atoms with E-state index < -0.39 is 48.1 Å². The number of alkyl carbamates (subject to hydrolysis) is 1. The third-order valence-corrected chi connectivity index (χ3v) is 5.22. The number of aryl methyl sites for hydroxylation is 1. The van der Waals surface area contributed by atoms with Crippen molar-refractivity contribution in [2.45, 2.75) is 78.0 Å². The molecule has 6 N–H and O–H groups in total. The minimum atomic E-state index is -1.25. The molecule has 0 radical (unpaired) electrons. The number of primary amides is 1. The van der Waals surface area contributed by atoms with Gasteiger partial charge in [-0.3, -0.25) is 14.4 Å². The van der Waals surface area contributed by atoms with Gasteiger partial charge in [-0.05, 0) is 63.8 Å². The minimum Gasteiger partial charge on any atom is -0.508 e. The van der Waals surface area contributed by atoms with E-state index in [1.807, 2.05) is 6.92 Å². The molecule has 0 aliphatic rings. The normalized spacial score (nSPS) is 12.8. The Hall–Kier alpha value is -3.34. The van der Waals surface area contributed by atoms with Crippen LogP contribution in [-0.2, 0) is 19.1 Å². The number of nitrogens with two attached hydrogens (primary N) is 1. The molecule has 11 nitrogen and oxygen atoms in total. The molecule has 4 amide bonds. The highest BCUT2D eigenvalue weighted by Crippen LogP contribution is 2.27. The molecular formula is C25H40N4O7. The van der Waals surface area contributed by atoms with E-state index in [1.165, 1.54) is 12.1 Å². The first-order valence-corrected chi connectivity index (χ1v) is 12.1. The van der Waals surface area contributed by atoms with Crippen LogP contribution < -0.4 is 16.4 Å². The number of rotatable bonds is 13. The number of phenols is 1. The van der Waals surface area contributed by atoms with Crippen molar-refractivity contribution in [2.24, 2.45) is 5.73 Å². The Balaban J connectivity index is 3.43. The molecule has 0 fully saturated rings. The molecule has 0 aliphatic carbocycles. The number of aromatic hydroxyl groups is 1. The van der Waals surface area contributed by atoms with E-state index in [0.717, 1.165) is 17.7 Å². The fourth-order valence-electron chi connectivity index (χ4n) is 3.47.